The molecule has 2 heterocycles. The number of nitriles is 1. The molecular weight excluding hydrogens is 404 g/mol. The van der Waals surface area contributed by atoms with Crippen LogP contribution in [0.5, 0.6) is 0 Å². The van der Waals surface area contributed by atoms with Crippen LogP contribution in [0.2, 0.25) is 0 Å². The van der Waals surface area contributed by atoms with Crippen LogP contribution in [-0.4, -0.2) is 11.6 Å². The maximum absolute atomic E-state index is 13.1. The third-order valence-electron chi connectivity index (χ3n) is 4.16. The number of thiophene rings is 1. The highest BCUT2D eigenvalue weighted by Crippen LogP contribution is 2.45. The highest BCUT2D eigenvalue weighted by atomic mass is 79.9. The van der Waals surface area contributed by atoms with Crippen molar-refractivity contribution in [2.75, 3.05) is 0 Å². The van der Waals surface area contributed by atoms with Gasteiger partial charge in [0.15, 0.2) is 11.5 Å². The monoisotopic (exact) mass is 412 g/mol. The van der Waals surface area contributed by atoms with E-state index in [2.05, 4.69) is 15.9 Å². The molecule has 1 aromatic heterocycles. The molecule has 2 N–H and O–H groups in total. The number of ketones is 2. The summed E-state index contributed by atoms with van der Waals surface area (Å²) >= 11 is 4.75. The van der Waals surface area contributed by atoms with E-state index in [1.165, 1.54) is 11.3 Å². The van der Waals surface area contributed by atoms with Gasteiger partial charge in [0.2, 0.25) is 11.7 Å². The molecule has 2 aromatic rings. The van der Waals surface area contributed by atoms with Gasteiger partial charge in [-0.05, 0) is 22.0 Å². The van der Waals surface area contributed by atoms with Crippen molar-refractivity contribution < 1.29 is 14.3 Å². The van der Waals surface area contributed by atoms with Crippen molar-refractivity contribution in [2.24, 2.45) is 5.73 Å². The summed E-state index contributed by atoms with van der Waals surface area (Å²) < 4.78 is 6.25. The Bertz CT molecular complexity index is 1060. The molecule has 0 fully saturated rings. The van der Waals surface area contributed by atoms with Crippen LogP contribution < -0.4 is 5.73 Å². The molecule has 25 heavy (non-hydrogen) atoms. The molecule has 0 amide bonds. The first-order chi connectivity index (χ1) is 12.0. The summed E-state index contributed by atoms with van der Waals surface area (Å²) in [6.45, 7) is 0. The third-order valence-corrected chi connectivity index (χ3v) is 5.92. The van der Waals surface area contributed by atoms with Crippen LogP contribution in [0.4, 0.5) is 0 Å². The third kappa shape index (κ3) is 2.26. The van der Waals surface area contributed by atoms with E-state index in [4.69, 9.17) is 10.5 Å². The fraction of sp³-hybridized carbons (Fsp3) is 0.0556. The molecule has 1 aliphatic heterocycles. The Hall–Kier alpha value is -2.69. The zero-order valence-corrected chi connectivity index (χ0v) is 15.0. The Labute approximate surface area is 155 Å². The lowest BCUT2D eigenvalue weighted by atomic mass is 9.77. The Morgan fingerprint density at radius 1 is 1.20 bits per heavy atom. The summed E-state index contributed by atoms with van der Waals surface area (Å²) in [7, 11) is 0. The summed E-state index contributed by atoms with van der Waals surface area (Å²) in [5, 5.41) is 11.4. The van der Waals surface area contributed by atoms with Gasteiger partial charge in [0, 0.05) is 25.9 Å². The van der Waals surface area contributed by atoms with E-state index >= 15 is 0 Å². The Morgan fingerprint density at radius 3 is 2.48 bits per heavy atom. The first kappa shape index (κ1) is 15.8. The number of halogens is 1. The maximum atomic E-state index is 13.1. The molecule has 0 radical (unpaired) electrons. The number of carbonyl (C=O) groups excluding carboxylic acids is 2. The van der Waals surface area contributed by atoms with Crippen LogP contribution in [0.15, 0.2) is 63.0 Å². The average molecular weight is 413 g/mol. The smallest absolute Gasteiger partial charge is 0.229 e. The molecule has 2 aliphatic rings. The molecule has 0 bridgehead atoms. The van der Waals surface area contributed by atoms with Gasteiger partial charge in [0.25, 0.3) is 0 Å². The summed E-state index contributed by atoms with van der Waals surface area (Å²) in [5.74, 6) is -1.66. The van der Waals surface area contributed by atoms with Crippen molar-refractivity contribution >= 4 is 38.8 Å². The molecule has 1 atom stereocenters. The van der Waals surface area contributed by atoms with Crippen LogP contribution >= 0.6 is 27.3 Å². The quantitative estimate of drug-likeness (QED) is 0.771. The van der Waals surface area contributed by atoms with Crippen LogP contribution in [0.3, 0.4) is 0 Å². The molecule has 0 saturated carbocycles. The number of Topliss-reactive ketones (excluding diaryl/α,β-unsaturated/α-hetero) is 2. The number of fused-ring (bicyclic) bond motifs is 1. The predicted octanol–water partition coefficient (Wildman–Crippen LogP) is 3.65. The second-order valence-electron chi connectivity index (χ2n) is 5.54. The number of hydrogen-bond donors (Lipinski definition) is 1. The number of benzene rings is 1. The SMILES string of the molecule is N#CC1=C(N)OC2=C(C(=O)c3ccccc3C2=O)[C@H]1c1cc(Br)cs1. The average Bonchev–Trinajstić information content (AvgIpc) is 3.04. The minimum atomic E-state index is -0.713. The topological polar surface area (TPSA) is 93.2 Å². The number of allylic oxidation sites excluding steroid dienone is 3. The van der Waals surface area contributed by atoms with Gasteiger partial charge in [-0.2, -0.15) is 5.26 Å². The second-order valence-corrected chi connectivity index (χ2v) is 7.40. The number of carbonyl (C=O) groups is 2. The van der Waals surface area contributed by atoms with Crippen molar-refractivity contribution in [3.05, 3.63) is 79.0 Å². The standard InChI is InChI=1S/C18H9BrN2O3S/c19-8-5-12(25-7-8)13-11(6-20)18(21)24-17-14(13)15(22)9-3-1-2-4-10(9)16(17)23/h1-5,7,13H,21H2/t13-/m1/s1. The predicted molar refractivity (Wildman–Crippen MR) is 94.8 cm³/mol. The van der Waals surface area contributed by atoms with E-state index in [-0.39, 0.29) is 34.1 Å². The lowest BCUT2D eigenvalue weighted by Crippen LogP contribution is -2.32. The van der Waals surface area contributed by atoms with Gasteiger partial charge in [-0.15, -0.1) is 11.3 Å². The van der Waals surface area contributed by atoms with Crippen LogP contribution in [0.1, 0.15) is 31.5 Å². The summed E-state index contributed by atoms with van der Waals surface area (Å²) in [4.78, 5) is 26.6. The zero-order chi connectivity index (χ0) is 17.7. The minimum Gasteiger partial charge on any atom is -0.436 e. The molecule has 7 heteroatoms. The molecule has 5 nitrogen and oxygen atoms in total. The molecular formula is C18H9BrN2O3S. The highest BCUT2D eigenvalue weighted by molar-refractivity contribution is 9.10. The molecule has 0 saturated heterocycles. The second kappa shape index (κ2) is 5.69. The maximum Gasteiger partial charge on any atom is 0.229 e. The number of nitrogens with zero attached hydrogens (tertiary/aromatic N) is 1. The molecule has 0 spiro atoms. The highest BCUT2D eigenvalue weighted by Gasteiger charge is 2.44. The van der Waals surface area contributed by atoms with Gasteiger partial charge < -0.3 is 10.5 Å². The minimum absolute atomic E-state index is 0.0882. The van der Waals surface area contributed by atoms with Crippen LogP contribution in [0.25, 0.3) is 0 Å². The van der Waals surface area contributed by atoms with Gasteiger partial charge >= 0.3 is 0 Å². The van der Waals surface area contributed by atoms with Gasteiger partial charge in [-0.1, -0.05) is 24.3 Å². The normalized spacial score (nSPS) is 19.3. The number of ether oxygens (including phenoxy) is 1. The molecule has 122 valence electrons. The summed E-state index contributed by atoms with van der Waals surface area (Å²) in [5.41, 5.74) is 6.79. The first-order valence-corrected chi connectivity index (χ1v) is 8.94. The van der Waals surface area contributed by atoms with Crippen molar-refractivity contribution in [1.82, 2.24) is 0 Å². The Morgan fingerprint density at radius 2 is 1.88 bits per heavy atom. The van der Waals surface area contributed by atoms with E-state index in [0.29, 0.717) is 5.56 Å². The van der Waals surface area contributed by atoms with Crippen molar-refractivity contribution in [3.63, 3.8) is 0 Å². The van der Waals surface area contributed by atoms with Crippen LogP contribution in [0, 0.1) is 11.3 Å². The van der Waals surface area contributed by atoms with Crippen molar-refractivity contribution in [2.45, 2.75) is 5.92 Å². The largest absolute Gasteiger partial charge is 0.436 e. The Kier molecular flexibility index (Phi) is 3.60. The summed E-state index contributed by atoms with van der Waals surface area (Å²) in [6.07, 6.45) is 0. The van der Waals surface area contributed by atoms with Crippen LogP contribution in [-0.2, 0) is 4.74 Å². The zero-order valence-electron chi connectivity index (χ0n) is 12.6. The molecule has 1 aliphatic carbocycles. The van der Waals surface area contributed by atoms with E-state index in [0.717, 1.165) is 9.35 Å². The fourth-order valence-corrected chi connectivity index (χ4v) is 4.63. The van der Waals surface area contributed by atoms with Crippen molar-refractivity contribution in [1.29, 1.82) is 5.26 Å². The fourth-order valence-electron chi connectivity index (χ4n) is 3.07. The molecule has 1 aromatic carbocycles. The van der Waals surface area contributed by atoms with E-state index < -0.39 is 11.7 Å². The summed E-state index contributed by atoms with van der Waals surface area (Å²) in [6, 6.07) is 10.4. The number of hydrogen-bond acceptors (Lipinski definition) is 6. The first-order valence-electron chi connectivity index (χ1n) is 7.27. The molecule has 0 unspecified atom stereocenters. The van der Waals surface area contributed by atoms with Crippen molar-refractivity contribution in [3.8, 4) is 6.07 Å². The van der Waals surface area contributed by atoms with Gasteiger partial charge in [0.05, 0.1) is 11.5 Å². The van der Waals surface area contributed by atoms with E-state index in [1.54, 1.807) is 24.3 Å². The Balaban J connectivity index is 1.98. The van der Waals surface area contributed by atoms with E-state index in [1.807, 2.05) is 17.5 Å². The van der Waals surface area contributed by atoms with Gasteiger partial charge in [-0.3, -0.25) is 9.59 Å². The number of rotatable bonds is 1. The lowest BCUT2D eigenvalue weighted by Gasteiger charge is -2.30. The van der Waals surface area contributed by atoms with E-state index in [9.17, 15) is 14.9 Å². The number of nitrogens with two attached hydrogens (primary N) is 1. The van der Waals surface area contributed by atoms with Gasteiger partial charge in [0.1, 0.15) is 11.6 Å². The molecule has 4 rings (SSSR count). The lowest BCUT2D eigenvalue weighted by molar-refractivity contribution is 0.0897. The van der Waals surface area contributed by atoms with Gasteiger partial charge in [-0.25, -0.2) is 0 Å².